The number of amides is 1. The first-order valence-corrected chi connectivity index (χ1v) is 8.28. The normalized spacial score (nSPS) is 12.2. The van der Waals surface area contributed by atoms with Gasteiger partial charge in [-0.25, -0.2) is 0 Å². The van der Waals surface area contributed by atoms with E-state index in [0.29, 0.717) is 10.9 Å². The van der Waals surface area contributed by atoms with Crippen LogP contribution in [0.15, 0.2) is 23.4 Å². The van der Waals surface area contributed by atoms with Gasteiger partial charge in [0.15, 0.2) is 0 Å². The van der Waals surface area contributed by atoms with Crippen LogP contribution < -0.4 is 5.32 Å². The van der Waals surface area contributed by atoms with Crippen molar-refractivity contribution in [3.8, 4) is 5.69 Å². The molecule has 6 nitrogen and oxygen atoms in total. The van der Waals surface area contributed by atoms with Crippen LogP contribution in [0, 0.1) is 13.8 Å². The number of carbonyl (C=O) groups is 1. The van der Waals surface area contributed by atoms with Crippen LogP contribution in [0.4, 0.5) is 0 Å². The first kappa shape index (κ1) is 16.5. The number of rotatable bonds is 6. The minimum atomic E-state index is -0.00476. The number of benzene rings is 1. The predicted molar refractivity (Wildman–Crippen MR) is 87.2 cm³/mol. The maximum absolute atomic E-state index is 11.9. The van der Waals surface area contributed by atoms with Gasteiger partial charge in [0.25, 0.3) is 0 Å². The number of thioether (sulfide) groups is 1. The van der Waals surface area contributed by atoms with Crippen LogP contribution in [-0.2, 0) is 4.79 Å². The molecule has 0 spiro atoms. The molecule has 1 N–H and O–H groups in total. The molecule has 118 valence electrons. The second-order valence-electron chi connectivity index (χ2n) is 5.33. The van der Waals surface area contributed by atoms with E-state index < -0.39 is 0 Å². The quantitative estimate of drug-likeness (QED) is 0.827. The van der Waals surface area contributed by atoms with Crippen molar-refractivity contribution in [3.63, 3.8) is 0 Å². The summed E-state index contributed by atoms with van der Waals surface area (Å²) in [4.78, 5) is 11.9. The fraction of sp³-hybridized carbons (Fsp3) is 0.467. The Morgan fingerprint density at radius 2 is 2.18 bits per heavy atom. The molecule has 1 aromatic carbocycles. The van der Waals surface area contributed by atoms with Crippen LogP contribution in [0.25, 0.3) is 5.69 Å². The second kappa shape index (κ2) is 7.40. The molecule has 0 bridgehead atoms. The van der Waals surface area contributed by atoms with Crippen molar-refractivity contribution in [2.24, 2.45) is 0 Å². The number of aryl methyl sites for hydroxylation is 2. The summed E-state index contributed by atoms with van der Waals surface area (Å²) in [5.41, 5.74) is 3.17. The Bertz CT molecular complexity index is 655. The van der Waals surface area contributed by atoms with Gasteiger partial charge < -0.3 is 5.32 Å². The molecular weight excluding hydrogens is 298 g/mol. The molecular formula is C15H21N5OS. The number of hydrogen-bond donors (Lipinski definition) is 1. The van der Waals surface area contributed by atoms with Crippen molar-refractivity contribution in [2.75, 3.05) is 5.75 Å². The monoisotopic (exact) mass is 319 g/mol. The molecule has 0 saturated carbocycles. The van der Waals surface area contributed by atoms with Crippen LogP contribution in [0.1, 0.15) is 31.4 Å². The van der Waals surface area contributed by atoms with Gasteiger partial charge in [-0.05, 0) is 54.8 Å². The van der Waals surface area contributed by atoms with Crippen molar-refractivity contribution >= 4 is 17.7 Å². The van der Waals surface area contributed by atoms with E-state index in [1.54, 1.807) is 4.68 Å². The van der Waals surface area contributed by atoms with Crippen LogP contribution in [0.5, 0.6) is 0 Å². The smallest absolute Gasteiger partial charge is 0.230 e. The molecule has 0 radical (unpaired) electrons. The van der Waals surface area contributed by atoms with Gasteiger partial charge in [0, 0.05) is 6.04 Å². The van der Waals surface area contributed by atoms with Gasteiger partial charge in [-0.1, -0.05) is 30.8 Å². The zero-order valence-electron chi connectivity index (χ0n) is 13.3. The highest BCUT2D eigenvalue weighted by molar-refractivity contribution is 7.99. The van der Waals surface area contributed by atoms with E-state index >= 15 is 0 Å². The highest BCUT2D eigenvalue weighted by atomic mass is 32.2. The summed E-state index contributed by atoms with van der Waals surface area (Å²) in [5.74, 6) is 0.296. The molecule has 0 aliphatic carbocycles. The minimum Gasteiger partial charge on any atom is -0.353 e. The third kappa shape index (κ3) is 4.07. The zero-order valence-corrected chi connectivity index (χ0v) is 14.1. The Hall–Kier alpha value is -1.89. The molecule has 0 saturated heterocycles. The van der Waals surface area contributed by atoms with Gasteiger partial charge in [0.1, 0.15) is 0 Å². The Kier molecular flexibility index (Phi) is 5.54. The van der Waals surface area contributed by atoms with Crippen molar-refractivity contribution in [1.82, 2.24) is 25.5 Å². The van der Waals surface area contributed by atoms with E-state index in [0.717, 1.165) is 23.2 Å². The average molecular weight is 319 g/mol. The number of hydrogen-bond acceptors (Lipinski definition) is 5. The third-order valence-corrected chi connectivity index (χ3v) is 4.31. The fourth-order valence-corrected chi connectivity index (χ4v) is 2.61. The molecule has 1 amide bonds. The molecule has 22 heavy (non-hydrogen) atoms. The Balaban J connectivity index is 2.10. The molecule has 0 aliphatic heterocycles. The maximum Gasteiger partial charge on any atom is 0.230 e. The molecule has 1 aromatic heterocycles. The number of nitrogens with one attached hydrogen (secondary N) is 1. The summed E-state index contributed by atoms with van der Waals surface area (Å²) < 4.78 is 1.68. The lowest BCUT2D eigenvalue weighted by Crippen LogP contribution is -2.33. The number of carbonyl (C=O) groups excluding carboxylic acids is 1. The van der Waals surface area contributed by atoms with Crippen molar-refractivity contribution in [2.45, 2.75) is 45.3 Å². The van der Waals surface area contributed by atoms with Crippen LogP contribution in [-0.4, -0.2) is 37.9 Å². The number of tetrazole rings is 1. The highest BCUT2D eigenvalue weighted by Gasteiger charge is 2.14. The molecule has 0 unspecified atom stereocenters. The average Bonchev–Trinajstić information content (AvgIpc) is 2.95. The van der Waals surface area contributed by atoms with E-state index in [1.807, 2.05) is 39.8 Å². The van der Waals surface area contributed by atoms with Gasteiger partial charge in [-0.2, -0.15) is 4.68 Å². The van der Waals surface area contributed by atoms with E-state index in [9.17, 15) is 4.79 Å². The van der Waals surface area contributed by atoms with Gasteiger partial charge in [0.05, 0.1) is 11.4 Å². The molecule has 1 heterocycles. The van der Waals surface area contributed by atoms with Crippen molar-refractivity contribution < 1.29 is 4.79 Å². The Morgan fingerprint density at radius 3 is 2.91 bits per heavy atom. The molecule has 2 aromatic rings. The van der Waals surface area contributed by atoms with Gasteiger partial charge in [-0.15, -0.1) is 5.10 Å². The van der Waals surface area contributed by atoms with E-state index in [2.05, 4.69) is 26.9 Å². The van der Waals surface area contributed by atoms with E-state index in [1.165, 1.54) is 11.8 Å². The first-order chi connectivity index (χ1) is 10.5. The number of aromatic nitrogens is 4. The van der Waals surface area contributed by atoms with Gasteiger partial charge >= 0.3 is 0 Å². The second-order valence-corrected chi connectivity index (χ2v) is 6.27. The predicted octanol–water partition coefficient (Wildman–Crippen LogP) is 2.29. The zero-order chi connectivity index (χ0) is 16.1. The van der Waals surface area contributed by atoms with E-state index in [-0.39, 0.29) is 11.9 Å². The lowest BCUT2D eigenvalue weighted by molar-refractivity contribution is -0.119. The van der Waals surface area contributed by atoms with Crippen molar-refractivity contribution in [3.05, 3.63) is 29.3 Å². The molecule has 2 rings (SSSR count). The van der Waals surface area contributed by atoms with Crippen molar-refractivity contribution in [1.29, 1.82) is 0 Å². The summed E-state index contributed by atoms with van der Waals surface area (Å²) in [7, 11) is 0. The van der Waals surface area contributed by atoms with Gasteiger partial charge in [-0.3, -0.25) is 4.79 Å². The molecule has 1 atom stereocenters. The largest absolute Gasteiger partial charge is 0.353 e. The standard InChI is InChI=1S/C15H21N5OS/c1-5-12(4)16-14(21)9-22-15-17-18-19-20(15)13-8-10(2)6-7-11(13)3/h6-8,12H,5,9H2,1-4H3,(H,16,21)/t12-/m1/s1. The lowest BCUT2D eigenvalue weighted by Gasteiger charge is -2.11. The highest BCUT2D eigenvalue weighted by Crippen LogP contribution is 2.21. The third-order valence-electron chi connectivity index (χ3n) is 3.39. The lowest BCUT2D eigenvalue weighted by atomic mass is 10.1. The molecule has 7 heteroatoms. The Morgan fingerprint density at radius 1 is 1.41 bits per heavy atom. The summed E-state index contributed by atoms with van der Waals surface area (Å²) in [6.07, 6.45) is 0.913. The van der Waals surface area contributed by atoms with E-state index in [4.69, 9.17) is 0 Å². The number of nitrogens with zero attached hydrogens (tertiary/aromatic N) is 4. The molecule has 0 aliphatic rings. The minimum absolute atomic E-state index is 0.00476. The summed E-state index contributed by atoms with van der Waals surface area (Å²) in [5, 5.41) is 15.4. The SMILES string of the molecule is CC[C@@H](C)NC(=O)CSc1nnnn1-c1cc(C)ccc1C. The van der Waals surface area contributed by atoms with Crippen LogP contribution in [0.3, 0.4) is 0 Å². The summed E-state index contributed by atoms with van der Waals surface area (Å²) in [6.45, 7) is 8.07. The summed E-state index contributed by atoms with van der Waals surface area (Å²) in [6, 6.07) is 6.31. The maximum atomic E-state index is 11.9. The first-order valence-electron chi connectivity index (χ1n) is 7.29. The molecule has 0 fully saturated rings. The summed E-state index contributed by atoms with van der Waals surface area (Å²) >= 11 is 1.34. The fourth-order valence-electron chi connectivity index (χ4n) is 1.92. The van der Waals surface area contributed by atoms with Crippen LogP contribution >= 0.6 is 11.8 Å². The van der Waals surface area contributed by atoms with Crippen LogP contribution in [0.2, 0.25) is 0 Å². The van der Waals surface area contributed by atoms with Gasteiger partial charge in [0.2, 0.25) is 11.1 Å². The Labute approximate surface area is 134 Å². The topological polar surface area (TPSA) is 72.7 Å².